The highest BCUT2D eigenvalue weighted by Gasteiger charge is 2.05. The summed E-state index contributed by atoms with van der Waals surface area (Å²) in [6.07, 6.45) is 0. The molecule has 0 unspecified atom stereocenters. The Morgan fingerprint density at radius 2 is 2.31 bits per heavy atom. The van der Waals surface area contributed by atoms with Crippen LogP contribution in [0.1, 0.15) is 0 Å². The average Bonchev–Trinajstić information content (AvgIpc) is 2.53. The first-order chi connectivity index (χ1) is 6.25. The first kappa shape index (κ1) is 7.80. The van der Waals surface area contributed by atoms with Gasteiger partial charge in [0.2, 0.25) is 5.95 Å². The molecule has 8 heteroatoms. The van der Waals surface area contributed by atoms with E-state index in [2.05, 4.69) is 24.5 Å². The summed E-state index contributed by atoms with van der Waals surface area (Å²) in [5.74, 6) is 0.206. The van der Waals surface area contributed by atoms with Crippen molar-refractivity contribution in [3.05, 3.63) is 15.9 Å². The molecular weight excluding hydrogens is 192 g/mol. The average molecular weight is 196 g/mol. The quantitative estimate of drug-likeness (QED) is 0.621. The van der Waals surface area contributed by atoms with Gasteiger partial charge in [-0.15, -0.1) is 5.10 Å². The molecule has 0 aliphatic rings. The Labute approximate surface area is 75.8 Å². The number of rotatable bonds is 1. The van der Waals surface area contributed by atoms with Gasteiger partial charge in [-0.2, -0.15) is 9.97 Å². The second-order valence-corrected chi connectivity index (χ2v) is 2.76. The lowest BCUT2D eigenvalue weighted by Crippen LogP contribution is -2.15. The number of aromatic nitrogens is 5. The molecular formula is C5H4N6OS. The van der Waals surface area contributed by atoms with Crippen molar-refractivity contribution in [1.29, 1.82) is 0 Å². The van der Waals surface area contributed by atoms with Crippen molar-refractivity contribution in [2.75, 3.05) is 5.73 Å². The number of hydrogen-bond acceptors (Lipinski definition) is 7. The third-order valence-corrected chi connectivity index (χ3v) is 1.78. The van der Waals surface area contributed by atoms with Gasteiger partial charge in [0, 0.05) is 5.38 Å². The van der Waals surface area contributed by atoms with E-state index in [1.54, 1.807) is 5.38 Å². The Balaban J connectivity index is 2.59. The van der Waals surface area contributed by atoms with E-state index in [0.29, 0.717) is 5.69 Å². The molecule has 7 nitrogen and oxygen atoms in total. The summed E-state index contributed by atoms with van der Waals surface area (Å²) in [4.78, 5) is 20.4. The number of nitrogens with zero attached hydrogens (tertiary/aromatic N) is 4. The Kier molecular flexibility index (Phi) is 1.74. The van der Waals surface area contributed by atoms with Gasteiger partial charge in [-0.05, 0) is 11.5 Å². The molecule has 0 aliphatic heterocycles. The van der Waals surface area contributed by atoms with Crippen molar-refractivity contribution >= 4 is 17.5 Å². The van der Waals surface area contributed by atoms with Crippen molar-refractivity contribution in [3.63, 3.8) is 0 Å². The number of anilines is 1. The largest absolute Gasteiger partial charge is 0.368 e. The molecule has 66 valence electrons. The van der Waals surface area contributed by atoms with E-state index in [-0.39, 0.29) is 11.8 Å². The lowest BCUT2D eigenvalue weighted by atomic mass is 10.5. The van der Waals surface area contributed by atoms with Crippen molar-refractivity contribution in [2.45, 2.75) is 0 Å². The van der Waals surface area contributed by atoms with Crippen molar-refractivity contribution < 1.29 is 0 Å². The van der Waals surface area contributed by atoms with Crippen LogP contribution in [-0.4, -0.2) is 24.5 Å². The molecule has 0 aliphatic carbocycles. The standard InChI is InChI=1S/C5H4N6OS/c6-4-7-3(8-5(12)9-4)2-1-13-11-10-2/h1H,(H3,6,7,8,9,12). The van der Waals surface area contributed by atoms with Gasteiger partial charge < -0.3 is 5.73 Å². The Morgan fingerprint density at radius 3 is 2.92 bits per heavy atom. The van der Waals surface area contributed by atoms with Crippen molar-refractivity contribution in [2.24, 2.45) is 0 Å². The number of nitrogens with one attached hydrogen (secondary N) is 1. The normalized spacial score (nSPS) is 10.2. The van der Waals surface area contributed by atoms with Crippen LogP contribution in [0.15, 0.2) is 10.2 Å². The zero-order valence-electron chi connectivity index (χ0n) is 6.26. The third-order valence-electron chi connectivity index (χ3n) is 1.27. The fraction of sp³-hybridized carbons (Fsp3) is 0. The maximum atomic E-state index is 10.9. The SMILES string of the molecule is Nc1nc(-c2csnn2)[nH]c(=O)n1. The van der Waals surface area contributed by atoms with Gasteiger partial charge in [-0.3, -0.25) is 4.98 Å². The van der Waals surface area contributed by atoms with Gasteiger partial charge in [0.1, 0.15) is 5.69 Å². The lowest BCUT2D eigenvalue weighted by Gasteiger charge is -1.94. The second-order valence-electron chi connectivity index (χ2n) is 2.15. The fourth-order valence-corrected chi connectivity index (χ4v) is 1.23. The smallest absolute Gasteiger partial charge is 0.349 e. The van der Waals surface area contributed by atoms with Gasteiger partial charge in [0.25, 0.3) is 0 Å². The summed E-state index contributed by atoms with van der Waals surface area (Å²) in [5, 5.41) is 5.37. The second kappa shape index (κ2) is 2.90. The van der Waals surface area contributed by atoms with Crippen LogP contribution in [0.3, 0.4) is 0 Å². The highest BCUT2D eigenvalue weighted by atomic mass is 32.1. The van der Waals surface area contributed by atoms with Gasteiger partial charge in [0.15, 0.2) is 5.82 Å². The first-order valence-electron chi connectivity index (χ1n) is 3.27. The Bertz CT molecular complexity index is 462. The molecule has 13 heavy (non-hydrogen) atoms. The van der Waals surface area contributed by atoms with Gasteiger partial charge in [-0.1, -0.05) is 4.49 Å². The molecule has 2 aromatic heterocycles. The predicted octanol–water partition coefficient (Wildman–Crippen LogP) is -0.734. The van der Waals surface area contributed by atoms with Crippen LogP contribution in [0, 0.1) is 0 Å². The molecule has 0 saturated heterocycles. The number of nitrogens with two attached hydrogens (primary N) is 1. The summed E-state index contributed by atoms with van der Waals surface area (Å²) in [7, 11) is 0. The number of aromatic amines is 1. The number of hydrogen-bond donors (Lipinski definition) is 2. The van der Waals surface area contributed by atoms with Gasteiger partial charge >= 0.3 is 5.69 Å². The first-order valence-corrected chi connectivity index (χ1v) is 4.10. The van der Waals surface area contributed by atoms with E-state index < -0.39 is 5.69 Å². The topological polar surface area (TPSA) is 110 Å². The maximum absolute atomic E-state index is 10.9. The van der Waals surface area contributed by atoms with Crippen LogP contribution in [0.25, 0.3) is 11.5 Å². The molecule has 0 atom stereocenters. The Morgan fingerprint density at radius 1 is 1.46 bits per heavy atom. The van der Waals surface area contributed by atoms with Gasteiger partial charge in [0.05, 0.1) is 0 Å². The van der Waals surface area contributed by atoms with E-state index in [1.165, 1.54) is 0 Å². The third kappa shape index (κ3) is 1.51. The molecule has 2 aromatic rings. The van der Waals surface area contributed by atoms with Crippen LogP contribution in [0.2, 0.25) is 0 Å². The summed E-state index contributed by atoms with van der Waals surface area (Å²) >= 11 is 1.16. The molecule has 2 rings (SSSR count). The molecule has 0 saturated carbocycles. The summed E-state index contributed by atoms with van der Waals surface area (Å²) in [6.45, 7) is 0. The van der Waals surface area contributed by atoms with E-state index in [1.807, 2.05) is 0 Å². The molecule has 2 heterocycles. The van der Waals surface area contributed by atoms with E-state index in [0.717, 1.165) is 11.5 Å². The van der Waals surface area contributed by atoms with E-state index in [9.17, 15) is 4.79 Å². The predicted molar refractivity (Wildman–Crippen MR) is 46.0 cm³/mol. The minimum Gasteiger partial charge on any atom is -0.368 e. The summed E-state index contributed by atoms with van der Waals surface area (Å²) in [5.41, 5.74) is 5.22. The molecule has 0 spiro atoms. The Hall–Kier alpha value is -1.83. The fourth-order valence-electron chi connectivity index (χ4n) is 0.790. The minimum atomic E-state index is -0.546. The number of nitrogen functional groups attached to an aromatic ring is 1. The molecule has 0 radical (unpaired) electrons. The van der Waals surface area contributed by atoms with Crippen LogP contribution in [0.4, 0.5) is 5.95 Å². The highest BCUT2D eigenvalue weighted by Crippen LogP contribution is 2.10. The van der Waals surface area contributed by atoms with Crippen molar-refractivity contribution in [1.82, 2.24) is 24.5 Å². The molecule has 0 bridgehead atoms. The summed E-state index contributed by atoms with van der Waals surface area (Å²) in [6, 6.07) is 0. The van der Waals surface area contributed by atoms with Crippen molar-refractivity contribution in [3.8, 4) is 11.5 Å². The molecule has 0 amide bonds. The van der Waals surface area contributed by atoms with Crippen LogP contribution >= 0.6 is 11.5 Å². The number of H-pyrrole nitrogens is 1. The maximum Gasteiger partial charge on any atom is 0.349 e. The molecule has 3 N–H and O–H groups in total. The summed E-state index contributed by atoms with van der Waals surface area (Å²) < 4.78 is 3.63. The molecule has 0 fully saturated rings. The lowest BCUT2D eigenvalue weighted by molar-refractivity contribution is 0.992. The van der Waals surface area contributed by atoms with Crippen LogP contribution in [0.5, 0.6) is 0 Å². The van der Waals surface area contributed by atoms with Gasteiger partial charge in [-0.25, -0.2) is 4.79 Å². The molecule has 0 aromatic carbocycles. The van der Waals surface area contributed by atoms with E-state index >= 15 is 0 Å². The minimum absolute atomic E-state index is 0.0771. The zero-order chi connectivity index (χ0) is 9.26. The zero-order valence-corrected chi connectivity index (χ0v) is 7.08. The monoisotopic (exact) mass is 196 g/mol. The van der Waals surface area contributed by atoms with Crippen LogP contribution < -0.4 is 11.4 Å². The van der Waals surface area contributed by atoms with Crippen LogP contribution in [-0.2, 0) is 0 Å². The van der Waals surface area contributed by atoms with E-state index in [4.69, 9.17) is 5.73 Å². The highest BCUT2D eigenvalue weighted by molar-refractivity contribution is 7.03.